The fourth-order valence-electron chi connectivity index (χ4n) is 2.03. The minimum atomic E-state index is -0.258. The summed E-state index contributed by atoms with van der Waals surface area (Å²) >= 11 is 0.969. The second-order valence-electron chi connectivity index (χ2n) is 4.83. The molecule has 2 rings (SSSR count). The molecule has 0 aromatic heterocycles. The number of rotatable bonds is 7. The number of hydrogen-bond donors (Lipinski definition) is 1. The molecule has 2 N–H and O–H groups in total. The smallest absolute Gasteiger partial charge is 0.293 e. The Hall–Kier alpha value is -1.63. The molecule has 0 spiro atoms. The molecule has 0 radical (unpaired) electrons. The second kappa shape index (κ2) is 8.12. The first-order valence-corrected chi connectivity index (χ1v) is 8.09. The highest BCUT2D eigenvalue weighted by Crippen LogP contribution is 2.31. The first-order valence-electron chi connectivity index (χ1n) is 7.27. The molecule has 1 aliphatic heterocycles. The van der Waals surface area contributed by atoms with Gasteiger partial charge in [-0.2, -0.15) is 0 Å². The van der Waals surface area contributed by atoms with Crippen LogP contribution in [0.1, 0.15) is 18.1 Å². The van der Waals surface area contributed by atoms with E-state index in [9.17, 15) is 9.59 Å². The fraction of sp³-hybridized carbons (Fsp3) is 0.375. The van der Waals surface area contributed by atoms with Gasteiger partial charge in [0.2, 0.25) is 0 Å². The third-order valence-corrected chi connectivity index (χ3v) is 4.19. The van der Waals surface area contributed by atoms with Gasteiger partial charge in [-0.15, -0.1) is 0 Å². The molecular formula is C16H20N2O3S. The van der Waals surface area contributed by atoms with E-state index >= 15 is 0 Å². The van der Waals surface area contributed by atoms with Crippen molar-refractivity contribution in [3.8, 4) is 0 Å². The quantitative estimate of drug-likeness (QED) is 0.616. The molecule has 6 heteroatoms. The van der Waals surface area contributed by atoms with Crippen LogP contribution in [0.4, 0.5) is 4.79 Å². The van der Waals surface area contributed by atoms with E-state index in [0.29, 0.717) is 24.7 Å². The zero-order valence-corrected chi connectivity index (χ0v) is 13.4. The maximum Gasteiger partial charge on any atom is 0.293 e. The fourth-order valence-corrected chi connectivity index (χ4v) is 2.90. The number of hydrogen-bond acceptors (Lipinski definition) is 5. The van der Waals surface area contributed by atoms with E-state index in [4.69, 9.17) is 10.5 Å². The number of imide groups is 1. The summed E-state index contributed by atoms with van der Waals surface area (Å²) in [5, 5.41) is -0.252. The van der Waals surface area contributed by atoms with Crippen molar-refractivity contribution in [2.45, 2.75) is 13.3 Å². The number of aryl methyl sites for hydroxylation is 1. The Balaban J connectivity index is 2.01. The maximum absolute atomic E-state index is 12.2. The Morgan fingerprint density at radius 1 is 1.23 bits per heavy atom. The van der Waals surface area contributed by atoms with Gasteiger partial charge in [0, 0.05) is 6.54 Å². The van der Waals surface area contributed by atoms with E-state index in [1.165, 1.54) is 10.5 Å². The number of amides is 2. The first kappa shape index (κ1) is 16.7. The van der Waals surface area contributed by atoms with Crippen molar-refractivity contribution in [1.29, 1.82) is 0 Å². The molecular weight excluding hydrogens is 300 g/mol. The van der Waals surface area contributed by atoms with Gasteiger partial charge in [-0.25, -0.2) is 0 Å². The molecule has 0 unspecified atom stereocenters. The minimum Gasteiger partial charge on any atom is -0.378 e. The van der Waals surface area contributed by atoms with Gasteiger partial charge in [0.05, 0.1) is 24.7 Å². The largest absolute Gasteiger partial charge is 0.378 e. The van der Waals surface area contributed by atoms with Crippen LogP contribution in [0.3, 0.4) is 0 Å². The minimum absolute atomic E-state index is 0.252. The van der Waals surface area contributed by atoms with E-state index in [2.05, 4.69) is 6.92 Å². The predicted molar refractivity (Wildman–Crippen MR) is 88.4 cm³/mol. The van der Waals surface area contributed by atoms with Crippen LogP contribution in [0.2, 0.25) is 0 Å². The van der Waals surface area contributed by atoms with Crippen molar-refractivity contribution < 1.29 is 14.3 Å². The van der Waals surface area contributed by atoms with Crippen LogP contribution >= 0.6 is 11.8 Å². The Labute approximate surface area is 134 Å². The molecule has 0 bridgehead atoms. The first-order chi connectivity index (χ1) is 10.7. The van der Waals surface area contributed by atoms with Crippen molar-refractivity contribution in [1.82, 2.24) is 4.90 Å². The number of carbonyl (C=O) groups is 2. The number of nitrogens with zero attached hydrogens (tertiary/aromatic N) is 1. The van der Waals surface area contributed by atoms with Crippen LogP contribution in [0, 0.1) is 0 Å². The van der Waals surface area contributed by atoms with Gasteiger partial charge in [0.25, 0.3) is 11.1 Å². The summed E-state index contributed by atoms with van der Waals surface area (Å²) in [6.07, 6.45) is 2.73. The summed E-state index contributed by atoms with van der Waals surface area (Å²) in [5.41, 5.74) is 7.48. The molecule has 1 aromatic carbocycles. The molecule has 0 atom stereocenters. The number of carbonyl (C=O) groups excluding carboxylic acids is 2. The van der Waals surface area contributed by atoms with Crippen molar-refractivity contribution in [2.75, 3.05) is 26.3 Å². The zero-order chi connectivity index (χ0) is 15.9. The number of ether oxygens (including phenoxy) is 1. The van der Waals surface area contributed by atoms with Crippen LogP contribution in [-0.4, -0.2) is 42.3 Å². The normalized spacial score (nSPS) is 16.8. The molecule has 118 valence electrons. The SMILES string of the molecule is CCc1ccc(/C=C2\SC(=O)N(CCOCCN)C2=O)cc1. The number of nitrogens with two attached hydrogens (primary N) is 1. The highest BCUT2D eigenvalue weighted by molar-refractivity contribution is 8.18. The summed E-state index contributed by atoms with van der Waals surface area (Å²) in [6.45, 7) is 3.52. The molecule has 1 heterocycles. The summed E-state index contributed by atoms with van der Waals surface area (Å²) < 4.78 is 5.22. The molecule has 0 aliphatic carbocycles. The summed E-state index contributed by atoms with van der Waals surface area (Å²) in [5.74, 6) is -0.258. The van der Waals surface area contributed by atoms with Gasteiger partial charge in [-0.1, -0.05) is 31.2 Å². The molecule has 2 amide bonds. The predicted octanol–water partition coefficient (Wildman–Crippen LogP) is 2.26. The van der Waals surface area contributed by atoms with Crippen molar-refractivity contribution in [2.24, 2.45) is 5.73 Å². The van der Waals surface area contributed by atoms with Crippen molar-refractivity contribution in [3.63, 3.8) is 0 Å². The molecule has 1 aromatic rings. The van der Waals surface area contributed by atoms with Crippen LogP contribution in [0.25, 0.3) is 6.08 Å². The Bertz CT molecular complexity index is 569. The number of thioether (sulfide) groups is 1. The van der Waals surface area contributed by atoms with Gasteiger partial charge in [0.1, 0.15) is 0 Å². The topological polar surface area (TPSA) is 72.6 Å². The van der Waals surface area contributed by atoms with E-state index in [-0.39, 0.29) is 17.7 Å². The van der Waals surface area contributed by atoms with Crippen LogP contribution in [-0.2, 0) is 16.0 Å². The van der Waals surface area contributed by atoms with E-state index in [1.807, 2.05) is 24.3 Å². The van der Waals surface area contributed by atoms with E-state index in [0.717, 1.165) is 23.7 Å². The standard InChI is InChI=1S/C16H20N2O3S/c1-2-12-3-5-13(6-4-12)11-14-15(19)18(16(20)22-14)8-10-21-9-7-17/h3-6,11H,2,7-10,17H2,1H3/b14-11-. The molecule has 1 fully saturated rings. The average Bonchev–Trinajstić information content (AvgIpc) is 2.79. The highest BCUT2D eigenvalue weighted by atomic mass is 32.2. The second-order valence-corrected chi connectivity index (χ2v) is 5.82. The molecule has 0 saturated carbocycles. The third-order valence-electron chi connectivity index (χ3n) is 3.28. The Morgan fingerprint density at radius 2 is 1.95 bits per heavy atom. The van der Waals surface area contributed by atoms with E-state index in [1.54, 1.807) is 6.08 Å². The zero-order valence-electron chi connectivity index (χ0n) is 12.6. The summed E-state index contributed by atoms with van der Waals surface area (Å²) in [6, 6.07) is 7.96. The van der Waals surface area contributed by atoms with Crippen LogP contribution in [0.5, 0.6) is 0 Å². The molecule has 5 nitrogen and oxygen atoms in total. The highest BCUT2D eigenvalue weighted by Gasteiger charge is 2.34. The maximum atomic E-state index is 12.2. The molecule has 1 aliphatic rings. The Kier molecular flexibility index (Phi) is 6.18. The van der Waals surface area contributed by atoms with Gasteiger partial charge in [-0.05, 0) is 35.4 Å². The van der Waals surface area contributed by atoms with Crippen LogP contribution in [0.15, 0.2) is 29.2 Å². The lowest BCUT2D eigenvalue weighted by Crippen LogP contribution is -2.32. The van der Waals surface area contributed by atoms with E-state index < -0.39 is 0 Å². The van der Waals surface area contributed by atoms with Crippen molar-refractivity contribution in [3.05, 3.63) is 40.3 Å². The summed E-state index contributed by atoms with van der Waals surface area (Å²) in [4.78, 5) is 25.8. The third kappa shape index (κ3) is 4.19. The van der Waals surface area contributed by atoms with Gasteiger partial charge < -0.3 is 10.5 Å². The lowest BCUT2D eigenvalue weighted by molar-refractivity contribution is -0.123. The lowest BCUT2D eigenvalue weighted by Gasteiger charge is -2.11. The van der Waals surface area contributed by atoms with Gasteiger partial charge >= 0.3 is 0 Å². The van der Waals surface area contributed by atoms with Crippen molar-refractivity contribution >= 4 is 29.0 Å². The van der Waals surface area contributed by atoms with Gasteiger partial charge in [-0.3, -0.25) is 14.5 Å². The Morgan fingerprint density at radius 3 is 2.59 bits per heavy atom. The van der Waals surface area contributed by atoms with Gasteiger partial charge in [0.15, 0.2) is 0 Å². The summed E-state index contributed by atoms with van der Waals surface area (Å²) in [7, 11) is 0. The number of benzene rings is 1. The lowest BCUT2D eigenvalue weighted by atomic mass is 10.1. The monoisotopic (exact) mass is 320 g/mol. The molecule has 1 saturated heterocycles. The average molecular weight is 320 g/mol. The molecule has 22 heavy (non-hydrogen) atoms. The van der Waals surface area contributed by atoms with Crippen LogP contribution < -0.4 is 5.73 Å².